The Bertz CT molecular complexity index is 702. The molecule has 2 aromatic carbocycles. The van der Waals surface area contributed by atoms with E-state index in [1.54, 1.807) is 11.3 Å². The molecule has 0 radical (unpaired) electrons. The monoisotopic (exact) mass is 263 g/mol. The first-order chi connectivity index (χ1) is 9.35. The van der Waals surface area contributed by atoms with Crippen LogP contribution in [0.2, 0.25) is 0 Å². The minimum atomic E-state index is 1.04. The van der Waals surface area contributed by atoms with Crippen LogP contribution in [-0.2, 0) is 0 Å². The number of fused-ring (bicyclic) bond motifs is 1. The quantitative estimate of drug-likeness (QED) is 0.640. The molecule has 3 rings (SSSR count). The summed E-state index contributed by atoms with van der Waals surface area (Å²) in [5.74, 6) is 0. The van der Waals surface area contributed by atoms with E-state index < -0.39 is 0 Å². The number of nitrogens with zero attached hydrogens (tertiary/aromatic N) is 1. The van der Waals surface area contributed by atoms with Crippen molar-refractivity contribution in [2.75, 3.05) is 0 Å². The lowest BCUT2D eigenvalue weighted by atomic mass is 10.1. The smallest absolute Gasteiger partial charge is 0.117 e. The van der Waals surface area contributed by atoms with Gasteiger partial charge in [0.25, 0.3) is 0 Å². The highest BCUT2D eigenvalue weighted by Crippen LogP contribution is 2.23. The SMILES string of the molecule is C=Cc1ccc(C=Cc2nc3ccccc3s2)cc1. The summed E-state index contributed by atoms with van der Waals surface area (Å²) < 4.78 is 1.23. The van der Waals surface area contributed by atoms with Crippen molar-refractivity contribution >= 4 is 39.8 Å². The fraction of sp³-hybridized carbons (Fsp3) is 0. The Morgan fingerprint density at radius 1 is 0.895 bits per heavy atom. The van der Waals surface area contributed by atoms with Crippen molar-refractivity contribution in [2.24, 2.45) is 0 Å². The highest BCUT2D eigenvalue weighted by atomic mass is 32.1. The third-order valence-corrected chi connectivity index (χ3v) is 3.90. The molecule has 0 aliphatic heterocycles. The van der Waals surface area contributed by atoms with Crippen LogP contribution in [-0.4, -0.2) is 4.98 Å². The Morgan fingerprint density at radius 2 is 1.63 bits per heavy atom. The van der Waals surface area contributed by atoms with Crippen LogP contribution < -0.4 is 0 Å². The van der Waals surface area contributed by atoms with Gasteiger partial charge in [-0.25, -0.2) is 4.98 Å². The Kier molecular flexibility index (Phi) is 3.25. The second-order valence-electron chi connectivity index (χ2n) is 4.22. The Labute approximate surface area is 116 Å². The van der Waals surface area contributed by atoms with Crippen molar-refractivity contribution in [3.05, 3.63) is 71.2 Å². The number of thiazole rings is 1. The third kappa shape index (κ3) is 2.64. The first kappa shape index (κ1) is 11.9. The Balaban J connectivity index is 1.86. The van der Waals surface area contributed by atoms with Gasteiger partial charge in [-0.1, -0.05) is 55.1 Å². The normalized spacial score (nSPS) is 11.2. The molecule has 0 bridgehead atoms. The van der Waals surface area contributed by atoms with E-state index in [0.717, 1.165) is 16.1 Å². The highest BCUT2D eigenvalue weighted by molar-refractivity contribution is 7.19. The van der Waals surface area contributed by atoms with Crippen LogP contribution in [0.4, 0.5) is 0 Å². The topological polar surface area (TPSA) is 12.9 Å². The lowest BCUT2D eigenvalue weighted by Gasteiger charge is -1.94. The van der Waals surface area contributed by atoms with Gasteiger partial charge < -0.3 is 0 Å². The van der Waals surface area contributed by atoms with E-state index in [4.69, 9.17) is 0 Å². The number of aromatic nitrogens is 1. The van der Waals surface area contributed by atoms with E-state index in [2.05, 4.69) is 54.0 Å². The van der Waals surface area contributed by atoms with E-state index in [9.17, 15) is 0 Å². The molecule has 3 aromatic rings. The molecule has 1 nitrogen and oxygen atoms in total. The maximum Gasteiger partial charge on any atom is 0.117 e. The fourth-order valence-corrected chi connectivity index (χ4v) is 2.74. The zero-order chi connectivity index (χ0) is 13.1. The average molecular weight is 263 g/mol. The molecule has 0 saturated heterocycles. The molecule has 1 aromatic heterocycles. The number of hydrogen-bond acceptors (Lipinski definition) is 2. The highest BCUT2D eigenvalue weighted by Gasteiger charge is 1.99. The molecular weight excluding hydrogens is 250 g/mol. The van der Waals surface area contributed by atoms with E-state index >= 15 is 0 Å². The predicted molar refractivity (Wildman–Crippen MR) is 85.1 cm³/mol. The summed E-state index contributed by atoms with van der Waals surface area (Å²) in [6.45, 7) is 3.75. The molecule has 0 amide bonds. The maximum atomic E-state index is 4.58. The molecule has 0 unspecified atom stereocenters. The van der Waals surface area contributed by atoms with Gasteiger partial charge in [0, 0.05) is 0 Å². The molecule has 0 spiro atoms. The zero-order valence-corrected chi connectivity index (χ0v) is 11.2. The van der Waals surface area contributed by atoms with Gasteiger partial charge in [0.05, 0.1) is 10.2 Å². The standard InChI is InChI=1S/C17H13NS/c1-2-13-7-9-14(10-8-13)11-12-17-18-15-5-3-4-6-16(15)19-17/h2-12H,1H2. The van der Waals surface area contributed by atoms with Crippen LogP contribution in [0.5, 0.6) is 0 Å². The molecule has 2 heteroatoms. The Morgan fingerprint density at radius 3 is 2.37 bits per heavy atom. The van der Waals surface area contributed by atoms with Gasteiger partial charge in [0.15, 0.2) is 0 Å². The minimum Gasteiger partial charge on any atom is -0.237 e. The minimum absolute atomic E-state index is 1.04. The lowest BCUT2D eigenvalue weighted by Crippen LogP contribution is -1.74. The van der Waals surface area contributed by atoms with Gasteiger partial charge in [-0.05, 0) is 29.3 Å². The van der Waals surface area contributed by atoms with E-state index in [0.29, 0.717) is 0 Å². The van der Waals surface area contributed by atoms with Gasteiger partial charge in [-0.2, -0.15) is 0 Å². The van der Waals surface area contributed by atoms with Crippen molar-refractivity contribution in [1.29, 1.82) is 0 Å². The predicted octanol–water partition coefficient (Wildman–Crippen LogP) is 5.11. The van der Waals surface area contributed by atoms with Crippen LogP contribution in [0.25, 0.3) is 28.4 Å². The second-order valence-corrected chi connectivity index (χ2v) is 5.29. The first-order valence-corrected chi connectivity index (χ1v) is 6.93. The van der Waals surface area contributed by atoms with Crippen LogP contribution in [0, 0.1) is 0 Å². The lowest BCUT2D eigenvalue weighted by molar-refractivity contribution is 1.46. The Hall–Kier alpha value is -2.19. The summed E-state index contributed by atoms with van der Waals surface area (Å²) in [5, 5.41) is 1.04. The first-order valence-electron chi connectivity index (χ1n) is 6.11. The van der Waals surface area contributed by atoms with Gasteiger partial charge in [0.1, 0.15) is 5.01 Å². The molecule has 0 saturated carbocycles. The fourth-order valence-electron chi connectivity index (χ4n) is 1.87. The number of benzene rings is 2. The largest absolute Gasteiger partial charge is 0.237 e. The average Bonchev–Trinajstić information content (AvgIpc) is 2.88. The van der Waals surface area contributed by atoms with Crippen molar-refractivity contribution in [3.8, 4) is 0 Å². The van der Waals surface area contributed by atoms with E-state index in [1.807, 2.05) is 24.3 Å². The molecule has 0 N–H and O–H groups in total. The molecule has 0 atom stereocenters. The summed E-state index contributed by atoms with van der Waals surface area (Å²) in [4.78, 5) is 4.58. The molecule has 19 heavy (non-hydrogen) atoms. The summed E-state index contributed by atoms with van der Waals surface area (Å²) in [6.07, 6.45) is 6.00. The second kappa shape index (κ2) is 5.21. The summed E-state index contributed by atoms with van der Waals surface area (Å²) in [5.41, 5.74) is 3.37. The third-order valence-electron chi connectivity index (χ3n) is 2.90. The van der Waals surface area contributed by atoms with Crippen molar-refractivity contribution in [2.45, 2.75) is 0 Å². The van der Waals surface area contributed by atoms with Crippen LogP contribution in [0.3, 0.4) is 0 Å². The summed E-state index contributed by atoms with van der Waals surface area (Å²) in [7, 11) is 0. The molecule has 0 aliphatic carbocycles. The van der Waals surface area contributed by atoms with Crippen LogP contribution in [0.1, 0.15) is 16.1 Å². The number of hydrogen-bond donors (Lipinski definition) is 0. The van der Waals surface area contributed by atoms with Gasteiger partial charge in [-0.3, -0.25) is 0 Å². The molecular formula is C17H13NS. The summed E-state index contributed by atoms with van der Waals surface area (Å²) >= 11 is 1.71. The molecule has 1 heterocycles. The molecule has 0 aliphatic rings. The number of para-hydroxylation sites is 1. The van der Waals surface area contributed by atoms with E-state index in [1.165, 1.54) is 10.3 Å². The van der Waals surface area contributed by atoms with Crippen LogP contribution >= 0.6 is 11.3 Å². The van der Waals surface area contributed by atoms with Gasteiger partial charge in [-0.15, -0.1) is 11.3 Å². The van der Waals surface area contributed by atoms with Crippen LogP contribution in [0.15, 0.2) is 55.1 Å². The molecule has 0 fully saturated rings. The van der Waals surface area contributed by atoms with E-state index in [-0.39, 0.29) is 0 Å². The van der Waals surface area contributed by atoms with Crippen molar-refractivity contribution < 1.29 is 0 Å². The summed E-state index contributed by atoms with van der Waals surface area (Å²) in [6, 6.07) is 16.5. The van der Waals surface area contributed by atoms with Gasteiger partial charge >= 0.3 is 0 Å². The maximum absolute atomic E-state index is 4.58. The zero-order valence-electron chi connectivity index (χ0n) is 10.4. The van der Waals surface area contributed by atoms with Crippen molar-refractivity contribution in [1.82, 2.24) is 4.98 Å². The molecule has 92 valence electrons. The van der Waals surface area contributed by atoms with Gasteiger partial charge in [0.2, 0.25) is 0 Å². The van der Waals surface area contributed by atoms with Crippen molar-refractivity contribution in [3.63, 3.8) is 0 Å². The number of rotatable bonds is 3.